The molecular weight excluding hydrogens is 600 g/mol. The summed E-state index contributed by atoms with van der Waals surface area (Å²) in [6.07, 6.45) is -0.586. The highest BCUT2D eigenvalue weighted by Crippen LogP contribution is 2.48. The van der Waals surface area contributed by atoms with Gasteiger partial charge in [-0.05, 0) is 6.92 Å². The molecule has 19 nitrogen and oxygen atoms in total. The molecule has 3 aromatic heterocycles. The summed E-state index contributed by atoms with van der Waals surface area (Å²) >= 11 is 0. The predicted molar refractivity (Wildman–Crippen MR) is 142 cm³/mol. The Morgan fingerprint density at radius 1 is 1.17 bits per heavy atom. The molecule has 0 saturated carbocycles. The lowest BCUT2D eigenvalue weighted by Crippen LogP contribution is -2.29. The van der Waals surface area contributed by atoms with Crippen molar-refractivity contribution >= 4 is 38.9 Å². The summed E-state index contributed by atoms with van der Waals surface area (Å²) in [5.41, 5.74) is 13.0. The number of phosphoric ester groups is 1. The van der Waals surface area contributed by atoms with E-state index in [4.69, 9.17) is 39.9 Å². The highest BCUT2D eigenvalue weighted by Gasteiger charge is 2.46. The Labute approximate surface area is 239 Å². The first-order valence-electron chi connectivity index (χ1n) is 12.6. The fraction of sp³-hybridized carbons (Fsp3) is 0.571. The number of rotatable bonds is 12. The third-order valence-corrected chi connectivity index (χ3v) is 8.71. The number of phosphoric acid groups is 1. The smallest absolute Gasteiger partial charge is 0.394 e. The summed E-state index contributed by atoms with van der Waals surface area (Å²) in [6, 6.07) is 0. The predicted octanol–water partition coefficient (Wildman–Crippen LogP) is 0.656. The van der Waals surface area contributed by atoms with E-state index >= 15 is 0 Å². The summed E-state index contributed by atoms with van der Waals surface area (Å²) in [6.45, 7) is 0.913. The number of nitrogens with two attached hydrogens (primary N) is 2. The Morgan fingerprint density at radius 3 is 2.55 bits per heavy atom. The number of fused-ring (bicyclic) bond motifs is 1. The van der Waals surface area contributed by atoms with Gasteiger partial charge in [-0.3, -0.25) is 19.0 Å². The van der Waals surface area contributed by atoms with Crippen molar-refractivity contribution in [3.63, 3.8) is 0 Å². The van der Waals surface area contributed by atoms with E-state index in [9.17, 15) is 19.1 Å². The van der Waals surface area contributed by atoms with Gasteiger partial charge in [0.15, 0.2) is 11.5 Å². The fourth-order valence-corrected chi connectivity index (χ4v) is 6.25. The van der Waals surface area contributed by atoms with Gasteiger partial charge < -0.3 is 35.5 Å². The maximum absolute atomic E-state index is 12.8. The molecule has 4 unspecified atom stereocenters. The van der Waals surface area contributed by atoms with Crippen LogP contribution in [0.1, 0.15) is 36.7 Å². The van der Waals surface area contributed by atoms with Crippen molar-refractivity contribution in [1.82, 2.24) is 29.1 Å². The molecule has 0 amide bonds. The molecule has 5 rings (SSSR count). The first kappa shape index (κ1) is 30.5. The van der Waals surface area contributed by atoms with Gasteiger partial charge in [0, 0.05) is 30.2 Å². The van der Waals surface area contributed by atoms with E-state index in [0.29, 0.717) is 16.9 Å². The molecule has 228 valence electrons. The molecule has 5 heterocycles. The second-order valence-corrected chi connectivity index (χ2v) is 11.9. The largest absolute Gasteiger partial charge is 0.697 e. The number of aliphatic hydroxyl groups excluding tert-OH is 1. The average molecular weight is 630 g/mol. The summed E-state index contributed by atoms with van der Waals surface area (Å²) < 4.78 is 60.9. The third kappa shape index (κ3) is 6.21. The highest BCUT2D eigenvalue weighted by molar-refractivity contribution is 7.47. The molecule has 0 aromatic carbocycles. The second-order valence-electron chi connectivity index (χ2n) is 9.45. The Morgan fingerprint density at radius 2 is 1.86 bits per heavy atom. The minimum atomic E-state index is -4.42. The summed E-state index contributed by atoms with van der Waals surface area (Å²) in [5.74, 6) is -0.0350. The van der Waals surface area contributed by atoms with Crippen molar-refractivity contribution < 1.29 is 46.7 Å². The summed E-state index contributed by atoms with van der Waals surface area (Å²) in [5, 5.41) is 17.5. The molecule has 0 spiro atoms. The van der Waals surface area contributed by atoms with Crippen molar-refractivity contribution in [3.8, 4) is 0 Å². The monoisotopic (exact) mass is 630 g/mol. The lowest BCUT2D eigenvalue weighted by molar-refractivity contribution is -0.0486. The number of nitrogens with one attached hydrogen (secondary N) is 1. The van der Waals surface area contributed by atoms with E-state index in [1.165, 1.54) is 19.0 Å². The Balaban J connectivity index is 1.24. The van der Waals surface area contributed by atoms with Crippen molar-refractivity contribution in [2.75, 3.05) is 26.1 Å². The fourth-order valence-electron chi connectivity index (χ4n) is 4.83. The molecule has 8 atom stereocenters. The van der Waals surface area contributed by atoms with Gasteiger partial charge in [0.05, 0.1) is 19.3 Å². The van der Waals surface area contributed by atoms with Crippen LogP contribution >= 0.6 is 16.1 Å². The molecule has 21 heteroatoms. The second kappa shape index (κ2) is 12.3. The van der Waals surface area contributed by atoms with E-state index in [-0.39, 0.29) is 36.8 Å². The Bertz CT molecular complexity index is 1520. The molecule has 3 aromatic rings. The van der Waals surface area contributed by atoms with E-state index in [0.717, 1.165) is 7.11 Å². The number of anilines is 1. The summed E-state index contributed by atoms with van der Waals surface area (Å²) in [7, 11) is -6.17. The maximum Gasteiger partial charge on any atom is 0.697 e. The van der Waals surface area contributed by atoms with Gasteiger partial charge in [-0.2, -0.15) is 0 Å². The van der Waals surface area contributed by atoms with Crippen LogP contribution in [0.15, 0.2) is 19.0 Å². The minimum absolute atomic E-state index is 0.0752. The molecule has 2 fully saturated rings. The molecule has 0 radical (unpaired) electrons. The normalized spacial score (nSPS) is 27.9. The zero-order valence-corrected chi connectivity index (χ0v) is 24.2. The van der Waals surface area contributed by atoms with Crippen LogP contribution in [-0.2, 0) is 36.7 Å². The average Bonchev–Trinajstić information content (AvgIpc) is 3.72. The quantitative estimate of drug-likeness (QED) is 0.104. The minimum Gasteiger partial charge on any atom is -0.394 e. The lowest BCUT2D eigenvalue weighted by Gasteiger charge is -2.18. The van der Waals surface area contributed by atoms with Gasteiger partial charge in [0.25, 0.3) is 0 Å². The zero-order valence-electron chi connectivity index (χ0n) is 22.4. The number of hydrogen-bond donors (Lipinski definition) is 5. The van der Waals surface area contributed by atoms with E-state index in [1.54, 1.807) is 16.1 Å². The maximum atomic E-state index is 12.8. The van der Waals surface area contributed by atoms with Crippen molar-refractivity contribution in [3.05, 3.63) is 30.4 Å². The lowest BCUT2D eigenvalue weighted by atomic mass is 10.2. The van der Waals surface area contributed by atoms with Gasteiger partial charge in [-0.1, -0.05) is 0 Å². The first-order chi connectivity index (χ1) is 20.0. The van der Waals surface area contributed by atoms with Crippen LogP contribution in [0.3, 0.4) is 0 Å². The van der Waals surface area contributed by atoms with Crippen molar-refractivity contribution in [1.29, 1.82) is 5.41 Å². The number of ether oxygens (including phenoxy) is 2. The van der Waals surface area contributed by atoms with Crippen LogP contribution in [0.25, 0.3) is 11.2 Å². The number of aliphatic hydroxyl groups is 1. The van der Waals surface area contributed by atoms with Crippen LogP contribution in [0, 0.1) is 12.3 Å². The molecule has 2 aliphatic rings. The van der Waals surface area contributed by atoms with Crippen LogP contribution in [-0.4, -0.2) is 89.6 Å². The molecule has 42 heavy (non-hydrogen) atoms. The van der Waals surface area contributed by atoms with Crippen LogP contribution in [0.4, 0.5) is 5.82 Å². The Kier molecular flexibility index (Phi) is 8.96. The zero-order chi connectivity index (χ0) is 30.2. The molecule has 0 aliphatic carbocycles. The Hall–Kier alpha value is -2.96. The topological polar surface area (TPSA) is 267 Å². The van der Waals surface area contributed by atoms with Gasteiger partial charge >= 0.3 is 16.1 Å². The van der Waals surface area contributed by atoms with E-state index in [1.807, 2.05) is 0 Å². The van der Waals surface area contributed by atoms with Crippen molar-refractivity contribution in [2.24, 2.45) is 5.73 Å². The molecular formula is C21H30N9O10P2+. The first-order valence-corrected chi connectivity index (χ1v) is 15.2. The van der Waals surface area contributed by atoms with Crippen LogP contribution in [0.5, 0.6) is 0 Å². The molecule has 7 N–H and O–H groups in total. The van der Waals surface area contributed by atoms with Gasteiger partial charge in [0.2, 0.25) is 0 Å². The van der Waals surface area contributed by atoms with Gasteiger partial charge in [0.1, 0.15) is 66.9 Å². The highest BCUT2D eigenvalue weighted by atomic mass is 31.2. The third-order valence-electron chi connectivity index (χ3n) is 6.91. The standard InChI is InChI=1S/C21H29N9O10P2/c1-10-17(19(22)23)27-8-29(10)15-4-12(40-42(33,34)35-2)14(38-15)6-36-41(32)39-11-3-16(37-13(11)5-31)30-9-28-18-20(24)25-7-26-21(18)30/h7-9,11-16,31H,3-6H2,1-2H3,(H5-,22,23,24,25,26,33,34)/p+1/t11?,12?,13-,14-,15-,16-/m1/s1. The number of nitrogen functional groups attached to an aromatic ring is 2. The number of aromatic nitrogens is 6. The van der Waals surface area contributed by atoms with Gasteiger partial charge in [-0.15, -0.1) is 9.05 Å². The van der Waals surface area contributed by atoms with Crippen molar-refractivity contribution in [2.45, 2.75) is 56.6 Å². The van der Waals surface area contributed by atoms with Crippen LogP contribution in [0.2, 0.25) is 0 Å². The van der Waals surface area contributed by atoms with E-state index < -0.39 is 59.6 Å². The molecule has 2 saturated heterocycles. The van der Waals surface area contributed by atoms with Gasteiger partial charge in [-0.25, -0.2) is 24.5 Å². The number of amidine groups is 1. The van der Waals surface area contributed by atoms with E-state index in [2.05, 4.69) is 24.5 Å². The number of imidazole rings is 2. The number of nitrogens with zero attached hydrogens (tertiary/aromatic N) is 6. The number of hydrogen-bond acceptors (Lipinski definition) is 15. The molecule has 2 aliphatic heterocycles. The molecule has 0 bridgehead atoms. The SMILES string of the molecule is COP(=O)(O)OC1C[C@H](n2cnc(C(=N)N)c2C)O[C@@H]1CO[P+](=O)OC1C[C@H](n2cnc3c(N)ncnc32)O[C@@H]1CO. The summed E-state index contributed by atoms with van der Waals surface area (Å²) in [4.78, 5) is 26.3. The van der Waals surface area contributed by atoms with Crippen LogP contribution < -0.4 is 11.5 Å².